The van der Waals surface area contributed by atoms with Gasteiger partial charge in [0.15, 0.2) is 6.04 Å². The van der Waals surface area contributed by atoms with Crippen molar-refractivity contribution in [2.75, 3.05) is 6.61 Å². The Labute approximate surface area is 204 Å². The van der Waals surface area contributed by atoms with Crippen LogP contribution in [0.3, 0.4) is 0 Å². The number of halogens is 3. The Morgan fingerprint density at radius 3 is 2.79 bits per heavy atom. The van der Waals surface area contributed by atoms with Crippen molar-refractivity contribution in [2.24, 2.45) is 0 Å². The first-order valence-corrected chi connectivity index (χ1v) is 11.4. The first-order chi connectivity index (χ1) is 16.4. The molecule has 1 aliphatic rings. The maximum atomic E-state index is 14.0. The van der Waals surface area contributed by atoms with Gasteiger partial charge in [-0.25, -0.2) is 14.2 Å². The Balaban J connectivity index is 1.64. The Bertz CT molecular complexity index is 1410. The van der Waals surface area contributed by atoms with Crippen LogP contribution < -0.4 is 0 Å². The largest absolute Gasteiger partial charge is 0.464 e. The molecule has 10 heteroatoms. The Morgan fingerprint density at radius 1 is 1.32 bits per heavy atom. The number of esters is 1. The van der Waals surface area contributed by atoms with Crippen molar-refractivity contribution >= 4 is 46.4 Å². The van der Waals surface area contributed by atoms with E-state index in [0.717, 1.165) is 11.8 Å². The number of alkyl halides is 1. The standard InChI is InChI=1S/C24H19Cl2FN4O3/c1-2-34-24(33)23(22-19-7-15(27)9-30(19)12-28-22)31-10-17-18(25)8-16(20(26)21(17)29-31)14-5-3-13(11-32)4-6-14/h3-6,8,10-12,15,23H,2,7,9H2,1H3/t15-,23-/m1/s1. The minimum Gasteiger partial charge on any atom is -0.464 e. The lowest BCUT2D eigenvalue weighted by atomic mass is 10.0. The van der Waals surface area contributed by atoms with E-state index in [2.05, 4.69) is 10.1 Å². The van der Waals surface area contributed by atoms with Crippen LogP contribution in [-0.4, -0.2) is 44.4 Å². The van der Waals surface area contributed by atoms with Crippen LogP contribution in [0.5, 0.6) is 0 Å². The van der Waals surface area contributed by atoms with Crippen molar-refractivity contribution in [2.45, 2.75) is 32.1 Å². The molecule has 0 unspecified atom stereocenters. The van der Waals surface area contributed by atoms with E-state index in [1.165, 1.54) is 11.0 Å². The molecule has 174 valence electrons. The van der Waals surface area contributed by atoms with Gasteiger partial charge in [-0.15, -0.1) is 0 Å². The summed E-state index contributed by atoms with van der Waals surface area (Å²) in [6.45, 7) is 2.07. The zero-order valence-electron chi connectivity index (χ0n) is 18.0. The highest BCUT2D eigenvalue weighted by Crippen LogP contribution is 2.39. The molecule has 34 heavy (non-hydrogen) atoms. The second-order valence-corrected chi connectivity index (χ2v) is 8.80. The summed E-state index contributed by atoms with van der Waals surface area (Å²) in [6, 6.07) is 7.61. The van der Waals surface area contributed by atoms with Gasteiger partial charge in [-0.2, -0.15) is 5.10 Å². The first-order valence-electron chi connectivity index (χ1n) is 10.7. The van der Waals surface area contributed by atoms with Gasteiger partial charge in [-0.3, -0.25) is 9.48 Å². The third kappa shape index (κ3) is 3.76. The molecule has 2 aromatic heterocycles. The molecule has 0 radical (unpaired) electrons. The minimum atomic E-state index is -1.03. The smallest absolute Gasteiger partial charge is 0.337 e. The molecule has 0 amide bonds. The Kier molecular flexibility index (Phi) is 5.87. The number of nitrogens with zero attached hydrogens (tertiary/aromatic N) is 4. The predicted molar refractivity (Wildman–Crippen MR) is 126 cm³/mol. The molecule has 3 heterocycles. The molecule has 2 atom stereocenters. The van der Waals surface area contributed by atoms with Gasteiger partial charge in [-0.1, -0.05) is 47.5 Å². The van der Waals surface area contributed by atoms with Crippen LogP contribution in [0.25, 0.3) is 22.0 Å². The van der Waals surface area contributed by atoms with Crippen molar-refractivity contribution in [1.82, 2.24) is 19.3 Å². The number of hydrogen-bond acceptors (Lipinski definition) is 5. The van der Waals surface area contributed by atoms with Crippen LogP contribution in [0, 0.1) is 0 Å². The average molecular weight is 501 g/mol. The summed E-state index contributed by atoms with van der Waals surface area (Å²) in [6.07, 6.45) is 3.04. The van der Waals surface area contributed by atoms with Gasteiger partial charge < -0.3 is 9.30 Å². The SMILES string of the molecule is CCOC(=O)[C@@H](c1ncn2c1C[C@@H](F)C2)n1cc2c(Cl)cc(-c3ccc(C=O)cc3)c(Cl)c2n1. The van der Waals surface area contributed by atoms with E-state index in [-0.39, 0.29) is 19.6 Å². The maximum Gasteiger partial charge on any atom is 0.337 e. The summed E-state index contributed by atoms with van der Waals surface area (Å²) in [4.78, 5) is 28.4. The summed E-state index contributed by atoms with van der Waals surface area (Å²) < 4.78 is 22.5. The highest BCUT2D eigenvalue weighted by molar-refractivity contribution is 6.42. The number of carbonyl (C=O) groups is 2. The number of ether oxygens (including phenoxy) is 1. The van der Waals surface area contributed by atoms with Gasteiger partial charge >= 0.3 is 5.97 Å². The molecule has 0 saturated carbocycles. The van der Waals surface area contributed by atoms with Gasteiger partial charge in [0.25, 0.3) is 0 Å². The van der Waals surface area contributed by atoms with Crippen LogP contribution in [-0.2, 0) is 22.5 Å². The lowest BCUT2D eigenvalue weighted by Gasteiger charge is -2.15. The molecule has 2 aromatic carbocycles. The minimum absolute atomic E-state index is 0.161. The number of fused-ring (bicyclic) bond motifs is 2. The van der Waals surface area contributed by atoms with Crippen molar-refractivity contribution in [3.8, 4) is 11.1 Å². The molecule has 0 bridgehead atoms. The van der Waals surface area contributed by atoms with Gasteiger partial charge in [0.05, 0.1) is 35.2 Å². The van der Waals surface area contributed by atoms with Crippen LogP contribution in [0.15, 0.2) is 42.9 Å². The van der Waals surface area contributed by atoms with E-state index in [1.807, 2.05) is 0 Å². The van der Waals surface area contributed by atoms with E-state index in [0.29, 0.717) is 43.5 Å². The molecule has 1 aliphatic heterocycles. The Morgan fingerprint density at radius 2 is 2.09 bits per heavy atom. The second kappa shape index (κ2) is 8.85. The van der Waals surface area contributed by atoms with E-state index in [1.54, 1.807) is 48.0 Å². The third-order valence-corrected chi connectivity index (χ3v) is 6.58. The van der Waals surface area contributed by atoms with Crippen LogP contribution in [0.2, 0.25) is 10.0 Å². The predicted octanol–water partition coefficient (Wildman–Crippen LogP) is 5.07. The van der Waals surface area contributed by atoms with Crippen molar-refractivity contribution in [1.29, 1.82) is 0 Å². The van der Waals surface area contributed by atoms with Crippen molar-refractivity contribution in [3.05, 3.63) is 69.9 Å². The highest BCUT2D eigenvalue weighted by atomic mass is 35.5. The zero-order chi connectivity index (χ0) is 24.0. The van der Waals surface area contributed by atoms with E-state index in [9.17, 15) is 14.0 Å². The molecule has 4 aromatic rings. The quantitative estimate of drug-likeness (QED) is 0.273. The van der Waals surface area contributed by atoms with E-state index < -0.39 is 18.2 Å². The summed E-state index contributed by atoms with van der Waals surface area (Å²) in [7, 11) is 0. The summed E-state index contributed by atoms with van der Waals surface area (Å²) in [5.74, 6) is -0.559. The highest BCUT2D eigenvalue weighted by Gasteiger charge is 2.35. The molecule has 0 aliphatic carbocycles. The van der Waals surface area contributed by atoms with Crippen molar-refractivity contribution in [3.63, 3.8) is 0 Å². The number of carbonyl (C=O) groups excluding carboxylic acids is 2. The van der Waals surface area contributed by atoms with Gasteiger partial charge in [0.1, 0.15) is 18.0 Å². The summed E-state index contributed by atoms with van der Waals surface area (Å²) in [5.41, 5.74) is 3.37. The number of aldehydes is 1. The first kappa shape index (κ1) is 22.6. The summed E-state index contributed by atoms with van der Waals surface area (Å²) >= 11 is 13.3. The molecular formula is C24H19Cl2FN4O3. The fourth-order valence-corrected chi connectivity index (χ4v) is 4.84. The third-order valence-electron chi connectivity index (χ3n) is 5.88. The van der Waals surface area contributed by atoms with Gasteiger partial charge in [-0.05, 0) is 18.6 Å². The fraction of sp³-hybridized carbons (Fsp3) is 0.250. The van der Waals surface area contributed by atoms with Gasteiger partial charge in [0, 0.05) is 34.8 Å². The monoisotopic (exact) mass is 500 g/mol. The molecule has 0 saturated heterocycles. The Hall–Kier alpha value is -3.23. The topological polar surface area (TPSA) is 79.0 Å². The molecular weight excluding hydrogens is 482 g/mol. The number of rotatable bonds is 6. The molecule has 5 rings (SSSR count). The molecule has 0 spiro atoms. The molecule has 0 fully saturated rings. The summed E-state index contributed by atoms with van der Waals surface area (Å²) in [5, 5.41) is 5.88. The van der Waals surface area contributed by atoms with E-state index >= 15 is 0 Å². The zero-order valence-corrected chi connectivity index (χ0v) is 19.6. The van der Waals surface area contributed by atoms with E-state index in [4.69, 9.17) is 27.9 Å². The lowest BCUT2D eigenvalue weighted by Crippen LogP contribution is -2.25. The number of hydrogen-bond donors (Lipinski definition) is 0. The van der Waals surface area contributed by atoms with Crippen molar-refractivity contribution < 1.29 is 18.7 Å². The second-order valence-electron chi connectivity index (χ2n) is 8.02. The van der Waals surface area contributed by atoms with Crippen LogP contribution in [0.4, 0.5) is 4.39 Å². The normalized spacial score (nSPS) is 15.9. The molecule has 0 N–H and O–H groups in total. The number of aromatic nitrogens is 4. The van der Waals surface area contributed by atoms with Crippen LogP contribution in [0.1, 0.15) is 34.7 Å². The number of imidazole rings is 1. The van der Waals surface area contributed by atoms with Gasteiger partial charge in [0.2, 0.25) is 0 Å². The fourth-order valence-electron chi connectivity index (χ4n) is 4.29. The maximum absolute atomic E-state index is 14.0. The number of benzene rings is 2. The van der Waals surface area contributed by atoms with Crippen LogP contribution >= 0.6 is 23.2 Å². The lowest BCUT2D eigenvalue weighted by molar-refractivity contribution is -0.146. The molecule has 7 nitrogen and oxygen atoms in total. The average Bonchev–Trinajstić information content (AvgIpc) is 3.52.